The predicted octanol–water partition coefficient (Wildman–Crippen LogP) is 1.54. The van der Waals surface area contributed by atoms with Crippen LogP contribution in [0.15, 0.2) is 0 Å². The van der Waals surface area contributed by atoms with Crippen molar-refractivity contribution in [2.45, 2.75) is 57.8 Å². The second-order valence-corrected chi connectivity index (χ2v) is 6.32. The van der Waals surface area contributed by atoms with Gasteiger partial charge in [0, 0.05) is 38.8 Å². The topological polar surface area (TPSA) is 44.8 Å². The Morgan fingerprint density at radius 1 is 1.27 bits per heavy atom. The molecule has 2 fully saturated rings. The summed E-state index contributed by atoms with van der Waals surface area (Å²) >= 11 is 0. The molecule has 22 heavy (non-hydrogen) atoms. The lowest BCUT2D eigenvalue weighted by Crippen LogP contribution is -2.58. The number of nitrogens with zero attached hydrogens (tertiary/aromatic N) is 2. The fourth-order valence-corrected chi connectivity index (χ4v) is 3.20. The lowest BCUT2D eigenvalue weighted by Gasteiger charge is -2.40. The standard InChI is InChI=1S/C15H29N3O2.2ClH/c1-11(2)18-8-5-13(6-9-18)17(4)15(19)14-12(3)20-10-7-16-14;;/h11-14,16H,5-10H2,1-4H3;2*1H/t12-,14+;;/m1../s1. The van der Waals surface area contributed by atoms with Crippen molar-refractivity contribution in [2.24, 2.45) is 0 Å². The van der Waals surface area contributed by atoms with E-state index in [9.17, 15) is 4.79 Å². The third-order valence-corrected chi connectivity index (χ3v) is 4.71. The maximum atomic E-state index is 12.6. The van der Waals surface area contributed by atoms with Crippen LogP contribution in [0, 0.1) is 0 Å². The number of halogens is 2. The molecule has 0 bridgehead atoms. The minimum atomic E-state index is -0.183. The number of piperidine rings is 1. The zero-order valence-corrected chi connectivity index (χ0v) is 15.7. The molecule has 0 unspecified atom stereocenters. The Labute approximate surface area is 146 Å². The van der Waals surface area contributed by atoms with Crippen LogP contribution in [0.4, 0.5) is 0 Å². The van der Waals surface area contributed by atoms with Crippen LogP contribution in [0.1, 0.15) is 33.6 Å². The molecule has 2 heterocycles. The van der Waals surface area contributed by atoms with Crippen LogP contribution in [0.2, 0.25) is 0 Å². The number of amides is 1. The largest absolute Gasteiger partial charge is 0.375 e. The van der Waals surface area contributed by atoms with Crippen LogP contribution in [-0.4, -0.2) is 73.2 Å². The van der Waals surface area contributed by atoms with Crippen molar-refractivity contribution in [3.05, 3.63) is 0 Å². The Hall–Kier alpha value is -0.0700. The van der Waals surface area contributed by atoms with Gasteiger partial charge < -0.3 is 19.9 Å². The minimum Gasteiger partial charge on any atom is -0.375 e. The summed E-state index contributed by atoms with van der Waals surface area (Å²) in [5.74, 6) is 0.181. The predicted molar refractivity (Wildman–Crippen MR) is 94.2 cm³/mol. The minimum absolute atomic E-state index is 0. The molecule has 0 aromatic rings. The van der Waals surface area contributed by atoms with E-state index in [1.165, 1.54) is 0 Å². The fourth-order valence-electron chi connectivity index (χ4n) is 3.20. The van der Waals surface area contributed by atoms with E-state index in [4.69, 9.17) is 4.74 Å². The second-order valence-electron chi connectivity index (χ2n) is 6.32. The van der Waals surface area contributed by atoms with Gasteiger partial charge >= 0.3 is 0 Å². The molecular formula is C15H31Cl2N3O2. The number of likely N-dealkylation sites (tertiary alicyclic amines) is 1. The Bertz CT molecular complexity index is 337. The van der Waals surface area contributed by atoms with Gasteiger partial charge in [0.05, 0.1) is 12.7 Å². The number of hydrogen-bond donors (Lipinski definition) is 1. The average Bonchev–Trinajstić information content (AvgIpc) is 2.46. The number of likely N-dealkylation sites (N-methyl/N-ethyl adjacent to an activating group) is 1. The lowest BCUT2D eigenvalue weighted by atomic mass is 10.0. The molecule has 0 aromatic heterocycles. The first-order chi connectivity index (χ1) is 9.50. The summed E-state index contributed by atoms with van der Waals surface area (Å²) in [5.41, 5.74) is 0. The molecule has 0 aromatic carbocycles. The Morgan fingerprint density at radius 3 is 2.36 bits per heavy atom. The molecule has 132 valence electrons. The molecule has 2 atom stereocenters. The van der Waals surface area contributed by atoms with Gasteiger partial charge in [0.1, 0.15) is 6.04 Å². The second kappa shape index (κ2) is 9.93. The van der Waals surface area contributed by atoms with Gasteiger partial charge in [0.2, 0.25) is 5.91 Å². The Balaban J connectivity index is 0.00000220. The van der Waals surface area contributed by atoms with Gasteiger partial charge in [0.15, 0.2) is 0 Å². The molecule has 0 radical (unpaired) electrons. The number of nitrogens with one attached hydrogen (secondary N) is 1. The van der Waals surface area contributed by atoms with Gasteiger partial charge in [-0.05, 0) is 33.6 Å². The number of ether oxygens (including phenoxy) is 1. The van der Waals surface area contributed by atoms with Gasteiger partial charge in [-0.3, -0.25) is 4.79 Å². The van der Waals surface area contributed by atoms with Crippen molar-refractivity contribution in [3.8, 4) is 0 Å². The third-order valence-electron chi connectivity index (χ3n) is 4.71. The molecule has 0 aliphatic carbocycles. The van der Waals surface area contributed by atoms with Crippen molar-refractivity contribution in [3.63, 3.8) is 0 Å². The molecule has 2 rings (SSSR count). The Morgan fingerprint density at radius 2 is 1.86 bits per heavy atom. The smallest absolute Gasteiger partial charge is 0.242 e. The SMILES string of the molecule is CC(C)N1CCC(N(C)C(=O)[C@H]2NCCO[C@@H]2C)CC1.Cl.Cl. The molecule has 0 spiro atoms. The van der Waals surface area contributed by atoms with E-state index < -0.39 is 0 Å². The normalized spacial score (nSPS) is 27.0. The summed E-state index contributed by atoms with van der Waals surface area (Å²) in [6, 6.07) is 0.788. The monoisotopic (exact) mass is 355 g/mol. The van der Waals surface area contributed by atoms with Crippen LogP contribution < -0.4 is 5.32 Å². The zero-order chi connectivity index (χ0) is 14.7. The first-order valence-corrected chi connectivity index (χ1v) is 7.86. The molecule has 5 nitrogen and oxygen atoms in total. The molecule has 2 saturated heterocycles. The van der Waals surface area contributed by atoms with Crippen LogP contribution in [0.25, 0.3) is 0 Å². The molecule has 1 N–H and O–H groups in total. The van der Waals surface area contributed by atoms with Crippen molar-refractivity contribution >= 4 is 30.7 Å². The highest BCUT2D eigenvalue weighted by Gasteiger charge is 2.34. The Kier molecular flexibility index (Phi) is 9.90. The summed E-state index contributed by atoms with van der Waals surface area (Å²) in [7, 11) is 1.95. The van der Waals surface area contributed by atoms with Gasteiger partial charge in [-0.25, -0.2) is 0 Å². The van der Waals surface area contributed by atoms with Crippen molar-refractivity contribution in [2.75, 3.05) is 33.3 Å². The fraction of sp³-hybridized carbons (Fsp3) is 0.933. The number of carbonyl (C=O) groups is 1. The highest BCUT2D eigenvalue weighted by atomic mass is 35.5. The zero-order valence-electron chi connectivity index (χ0n) is 14.1. The lowest BCUT2D eigenvalue weighted by molar-refractivity contribution is -0.141. The highest BCUT2D eigenvalue weighted by Crippen LogP contribution is 2.19. The van der Waals surface area contributed by atoms with Gasteiger partial charge in [0.25, 0.3) is 0 Å². The van der Waals surface area contributed by atoms with E-state index in [1.54, 1.807) is 0 Å². The number of rotatable bonds is 3. The summed E-state index contributed by atoms with van der Waals surface area (Å²) in [4.78, 5) is 17.0. The van der Waals surface area contributed by atoms with Crippen LogP contribution >= 0.6 is 24.8 Å². The summed E-state index contributed by atoms with van der Waals surface area (Å²) in [6.45, 7) is 10.1. The van der Waals surface area contributed by atoms with Gasteiger partial charge in [-0.1, -0.05) is 0 Å². The van der Waals surface area contributed by atoms with Crippen molar-refractivity contribution < 1.29 is 9.53 Å². The summed E-state index contributed by atoms with van der Waals surface area (Å²) in [6.07, 6.45) is 2.11. The first-order valence-electron chi connectivity index (χ1n) is 7.86. The molecule has 0 saturated carbocycles. The molecule has 1 amide bonds. The van der Waals surface area contributed by atoms with E-state index in [0.29, 0.717) is 18.7 Å². The molecule has 2 aliphatic heterocycles. The van der Waals surface area contributed by atoms with Crippen LogP contribution in [0.5, 0.6) is 0 Å². The van der Waals surface area contributed by atoms with E-state index in [1.807, 2.05) is 18.9 Å². The number of morpholine rings is 1. The molecule has 2 aliphatic rings. The van der Waals surface area contributed by atoms with Crippen molar-refractivity contribution in [1.29, 1.82) is 0 Å². The quantitative estimate of drug-likeness (QED) is 0.833. The maximum absolute atomic E-state index is 12.6. The highest BCUT2D eigenvalue weighted by molar-refractivity contribution is 5.85. The average molecular weight is 356 g/mol. The van der Waals surface area contributed by atoms with Gasteiger partial charge in [-0.15, -0.1) is 24.8 Å². The van der Waals surface area contributed by atoms with E-state index in [0.717, 1.165) is 32.5 Å². The number of hydrogen-bond acceptors (Lipinski definition) is 4. The van der Waals surface area contributed by atoms with E-state index >= 15 is 0 Å². The third kappa shape index (κ3) is 5.24. The maximum Gasteiger partial charge on any atom is 0.242 e. The van der Waals surface area contributed by atoms with E-state index in [2.05, 4.69) is 24.1 Å². The summed E-state index contributed by atoms with van der Waals surface area (Å²) < 4.78 is 5.58. The van der Waals surface area contributed by atoms with Gasteiger partial charge in [-0.2, -0.15) is 0 Å². The summed E-state index contributed by atoms with van der Waals surface area (Å²) in [5, 5.41) is 3.29. The van der Waals surface area contributed by atoms with E-state index in [-0.39, 0.29) is 42.9 Å². The molecular weight excluding hydrogens is 325 g/mol. The number of carbonyl (C=O) groups excluding carboxylic acids is 1. The van der Waals surface area contributed by atoms with Crippen LogP contribution in [0.3, 0.4) is 0 Å². The van der Waals surface area contributed by atoms with Crippen molar-refractivity contribution in [1.82, 2.24) is 15.1 Å². The van der Waals surface area contributed by atoms with Crippen LogP contribution in [-0.2, 0) is 9.53 Å². The first kappa shape index (κ1) is 21.9. The molecule has 7 heteroatoms.